The van der Waals surface area contributed by atoms with Gasteiger partial charge in [0, 0.05) is 12.2 Å². The van der Waals surface area contributed by atoms with Crippen LogP contribution in [0.4, 0.5) is 5.69 Å². The third-order valence-corrected chi connectivity index (χ3v) is 2.40. The summed E-state index contributed by atoms with van der Waals surface area (Å²) in [5, 5.41) is 3.25. The molecule has 0 fully saturated rings. The van der Waals surface area contributed by atoms with Crippen LogP contribution in [0.1, 0.15) is 23.7 Å². The zero-order chi connectivity index (χ0) is 11.4. The van der Waals surface area contributed by atoms with Crippen LogP contribution < -0.4 is 5.32 Å². The Morgan fingerprint density at radius 2 is 2.06 bits per heavy atom. The topological polar surface area (TPSA) is 47.6 Å². The molecule has 1 aromatic carbocycles. The second-order valence-corrected chi connectivity index (χ2v) is 3.70. The quantitative estimate of drug-likeness (QED) is 0.681. The standard InChI is InChI=1S/C12H15NO3/c1-9-15-8-2-7-13-11-5-3-10(4-6-11)12(14)16-9/h3-6,9,13H,2,7-8H2,1H3. The van der Waals surface area contributed by atoms with Crippen LogP contribution in [0.25, 0.3) is 0 Å². The highest BCUT2D eigenvalue weighted by Crippen LogP contribution is 2.12. The summed E-state index contributed by atoms with van der Waals surface area (Å²) in [4.78, 5) is 11.6. The number of benzene rings is 1. The van der Waals surface area contributed by atoms with E-state index in [1.54, 1.807) is 19.1 Å². The van der Waals surface area contributed by atoms with E-state index in [2.05, 4.69) is 5.32 Å². The molecule has 16 heavy (non-hydrogen) atoms. The molecule has 1 aromatic rings. The maximum absolute atomic E-state index is 11.6. The number of carbonyl (C=O) groups excluding carboxylic acids is 1. The van der Waals surface area contributed by atoms with Gasteiger partial charge in [0.2, 0.25) is 0 Å². The summed E-state index contributed by atoms with van der Waals surface area (Å²) in [6.07, 6.45) is 0.385. The molecule has 0 aliphatic carbocycles. The fraction of sp³-hybridized carbons (Fsp3) is 0.417. The monoisotopic (exact) mass is 221 g/mol. The first-order chi connectivity index (χ1) is 7.75. The van der Waals surface area contributed by atoms with E-state index in [1.807, 2.05) is 12.1 Å². The lowest BCUT2D eigenvalue weighted by atomic mass is 10.2. The van der Waals surface area contributed by atoms with Crippen LogP contribution >= 0.6 is 0 Å². The average Bonchev–Trinajstić information content (AvgIpc) is 2.27. The Morgan fingerprint density at radius 1 is 1.31 bits per heavy atom. The van der Waals surface area contributed by atoms with Crippen LogP contribution in [0.15, 0.2) is 24.3 Å². The van der Waals surface area contributed by atoms with Gasteiger partial charge in [0.25, 0.3) is 0 Å². The van der Waals surface area contributed by atoms with Gasteiger partial charge in [0.1, 0.15) is 0 Å². The van der Waals surface area contributed by atoms with Crippen LogP contribution in [-0.2, 0) is 9.47 Å². The molecule has 2 aliphatic heterocycles. The zero-order valence-corrected chi connectivity index (χ0v) is 9.23. The number of nitrogens with one attached hydrogen (secondary N) is 1. The Hall–Kier alpha value is -1.55. The predicted molar refractivity (Wildman–Crippen MR) is 60.4 cm³/mol. The van der Waals surface area contributed by atoms with E-state index in [0.717, 1.165) is 18.7 Å². The highest BCUT2D eigenvalue weighted by atomic mass is 16.7. The molecule has 2 heterocycles. The normalized spacial score (nSPS) is 21.6. The molecule has 86 valence electrons. The van der Waals surface area contributed by atoms with Gasteiger partial charge >= 0.3 is 5.97 Å². The molecular weight excluding hydrogens is 206 g/mol. The smallest absolute Gasteiger partial charge is 0.340 e. The molecule has 2 aliphatic rings. The van der Waals surface area contributed by atoms with Gasteiger partial charge in [-0.25, -0.2) is 4.79 Å². The SMILES string of the molecule is CC1OCCCNc2ccc(cc2)C(=O)O1. The molecule has 1 atom stereocenters. The van der Waals surface area contributed by atoms with E-state index >= 15 is 0 Å². The molecule has 2 bridgehead atoms. The fourth-order valence-electron chi connectivity index (χ4n) is 1.53. The average molecular weight is 221 g/mol. The molecular formula is C12H15NO3. The van der Waals surface area contributed by atoms with Crippen LogP contribution in [0.5, 0.6) is 0 Å². The molecule has 0 saturated heterocycles. The number of rotatable bonds is 0. The molecule has 3 rings (SSSR count). The Labute approximate surface area is 94.6 Å². The van der Waals surface area contributed by atoms with Gasteiger partial charge in [-0.3, -0.25) is 0 Å². The summed E-state index contributed by atoms with van der Waals surface area (Å²) < 4.78 is 10.5. The first kappa shape index (κ1) is 11.0. The van der Waals surface area contributed by atoms with E-state index < -0.39 is 6.29 Å². The molecule has 1 unspecified atom stereocenters. The Morgan fingerprint density at radius 3 is 2.81 bits per heavy atom. The number of carbonyl (C=O) groups is 1. The van der Waals surface area contributed by atoms with Gasteiger partial charge in [-0.1, -0.05) is 0 Å². The van der Waals surface area contributed by atoms with Crippen molar-refractivity contribution in [2.24, 2.45) is 0 Å². The van der Waals surface area contributed by atoms with Crippen molar-refractivity contribution < 1.29 is 14.3 Å². The molecule has 4 nitrogen and oxygen atoms in total. The molecule has 0 spiro atoms. The molecule has 1 N–H and O–H groups in total. The Bertz CT molecular complexity index is 361. The van der Waals surface area contributed by atoms with Crippen molar-refractivity contribution in [3.63, 3.8) is 0 Å². The van der Waals surface area contributed by atoms with Crippen LogP contribution in [0.3, 0.4) is 0 Å². The third-order valence-electron chi connectivity index (χ3n) is 2.40. The van der Waals surface area contributed by atoms with Crippen molar-refractivity contribution in [1.29, 1.82) is 0 Å². The molecule has 0 radical (unpaired) electrons. The van der Waals surface area contributed by atoms with E-state index in [0.29, 0.717) is 12.2 Å². The fourth-order valence-corrected chi connectivity index (χ4v) is 1.53. The lowest BCUT2D eigenvalue weighted by Gasteiger charge is -2.16. The van der Waals surface area contributed by atoms with Crippen molar-refractivity contribution in [2.75, 3.05) is 18.5 Å². The number of hydrogen-bond acceptors (Lipinski definition) is 4. The minimum atomic E-state index is -0.494. The lowest BCUT2D eigenvalue weighted by molar-refractivity contribution is -0.0979. The Balaban J connectivity index is 2.18. The predicted octanol–water partition coefficient (Wildman–Crippen LogP) is 2.02. The minimum Gasteiger partial charge on any atom is -0.432 e. The van der Waals surface area contributed by atoms with Crippen LogP contribution in [0.2, 0.25) is 0 Å². The van der Waals surface area contributed by atoms with Gasteiger partial charge in [0.05, 0.1) is 12.2 Å². The first-order valence-corrected chi connectivity index (χ1v) is 5.42. The van der Waals surface area contributed by atoms with Gasteiger partial charge in [-0.2, -0.15) is 0 Å². The van der Waals surface area contributed by atoms with Crippen molar-refractivity contribution >= 4 is 11.7 Å². The summed E-state index contributed by atoms with van der Waals surface area (Å²) in [5.74, 6) is -0.348. The van der Waals surface area contributed by atoms with Gasteiger partial charge in [0.15, 0.2) is 6.29 Å². The molecule has 4 heteroatoms. The number of ether oxygens (including phenoxy) is 2. The summed E-state index contributed by atoms with van der Waals surface area (Å²) in [6.45, 7) is 3.16. The highest BCUT2D eigenvalue weighted by molar-refractivity contribution is 5.89. The van der Waals surface area contributed by atoms with Crippen molar-refractivity contribution in [1.82, 2.24) is 0 Å². The number of esters is 1. The highest BCUT2D eigenvalue weighted by Gasteiger charge is 2.12. The summed E-state index contributed by atoms with van der Waals surface area (Å²) in [5.41, 5.74) is 1.55. The Kier molecular flexibility index (Phi) is 3.41. The third kappa shape index (κ3) is 2.73. The number of anilines is 1. The molecule has 0 saturated carbocycles. The lowest BCUT2D eigenvalue weighted by Crippen LogP contribution is -2.20. The van der Waals surface area contributed by atoms with E-state index in [-0.39, 0.29) is 5.97 Å². The van der Waals surface area contributed by atoms with Crippen molar-refractivity contribution in [2.45, 2.75) is 19.6 Å². The van der Waals surface area contributed by atoms with Crippen molar-refractivity contribution in [3.05, 3.63) is 29.8 Å². The van der Waals surface area contributed by atoms with E-state index in [9.17, 15) is 4.79 Å². The van der Waals surface area contributed by atoms with E-state index in [1.165, 1.54) is 0 Å². The zero-order valence-electron chi connectivity index (χ0n) is 9.23. The second kappa shape index (κ2) is 4.99. The number of hydrogen-bond donors (Lipinski definition) is 1. The van der Waals surface area contributed by atoms with Crippen LogP contribution in [0, 0.1) is 0 Å². The minimum absolute atomic E-state index is 0.348. The molecule has 0 amide bonds. The van der Waals surface area contributed by atoms with Crippen molar-refractivity contribution in [3.8, 4) is 0 Å². The largest absolute Gasteiger partial charge is 0.432 e. The maximum atomic E-state index is 11.6. The summed E-state index contributed by atoms with van der Waals surface area (Å²) in [6, 6.07) is 7.26. The maximum Gasteiger partial charge on any atom is 0.340 e. The van der Waals surface area contributed by atoms with Gasteiger partial charge in [-0.15, -0.1) is 0 Å². The molecule has 0 aromatic heterocycles. The van der Waals surface area contributed by atoms with Gasteiger partial charge in [-0.05, 0) is 37.6 Å². The summed E-state index contributed by atoms with van der Waals surface area (Å²) in [7, 11) is 0. The van der Waals surface area contributed by atoms with Gasteiger partial charge < -0.3 is 14.8 Å². The van der Waals surface area contributed by atoms with Crippen LogP contribution in [-0.4, -0.2) is 25.4 Å². The van der Waals surface area contributed by atoms with E-state index in [4.69, 9.17) is 9.47 Å². The number of fused-ring (bicyclic) bond motifs is 9. The second-order valence-electron chi connectivity index (χ2n) is 3.70. The summed E-state index contributed by atoms with van der Waals surface area (Å²) >= 11 is 0. The first-order valence-electron chi connectivity index (χ1n) is 5.42.